The molecule has 0 saturated heterocycles. The molecule has 0 bridgehead atoms. The van der Waals surface area contributed by atoms with E-state index in [9.17, 15) is 36.5 Å². The van der Waals surface area contributed by atoms with Gasteiger partial charge in [0.2, 0.25) is 0 Å². The average molecular weight is 412 g/mol. The monoisotopic (exact) mass is 412 g/mol. The van der Waals surface area contributed by atoms with Gasteiger partial charge in [-0.15, -0.1) is 0 Å². The summed E-state index contributed by atoms with van der Waals surface area (Å²) in [6, 6.07) is 10.0. The van der Waals surface area contributed by atoms with E-state index in [1.165, 1.54) is 6.07 Å². The molecule has 29 heavy (non-hydrogen) atoms. The fourth-order valence-electron chi connectivity index (χ4n) is 2.62. The molecule has 3 aromatic rings. The van der Waals surface area contributed by atoms with E-state index in [2.05, 4.69) is 4.98 Å². The molecule has 4 nitrogen and oxygen atoms in total. The van der Waals surface area contributed by atoms with Gasteiger partial charge in [0.1, 0.15) is 5.69 Å². The molecule has 0 atom stereocenters. The van der Waals surface area contributed by atoms with Gasteiger partial charge in [-0.2, -0.15) is 26.3 Å². The summed E-state index contributed by atoms with van der Waals surface area (Å²) in [7, 11) is 0. The van der Waals surface area contributed by atoms with E-state index in [4.69, 9.17) is 0 Å². The minimum absolute atomic E-state index is 0.0680. The van der Waals surface area contributed by atoms with Gasteiger partial charge in [-0.1, -0.05) is 24.3 Å². The van der Waals surface area contributed by atoms with Crippen LogP contribution >= 0.6 is 0 Å². The first-order valence-electron chi connectivity index (χ1n) is 7.97. The lowest BCUT2D eigenvalue weighted by Gasteiger charge is -2.10. The predicted octanol–water partition coefficient (Wildman–Crippen LogP) is 6.36. The van der Waals surface area contributed by atoms with Crippen molar-refractivity contribution in [2.75, 3.05) is 0 Å². The van der Waals surface area contributed by atoms with Crippen molar-refractivity contribution >= 4 is 5.69 Å². The second-order valence-electron chi connectivity index (χ2n) is 5.97. The lowest BCUT2D eigenvalue weighted by molar-refractivity contribution is -0.384. The standard InChI is InChI=1S/C19H10F6N2O2/c20-18(21,22)13-5-1-11(2-6-13)15-9-10-16(27(28)29)17(26-15)12-3-7-14(8-4-12)19(23,24)25/h1-10H. The van der Waals surface area contributed by atoms with E-state index >= 15 is 0 Å². The van der Waals surface area contributed by atoms with Crippen LogP contribution in [0.15, 0.2) is 60.7 Å². The molecule has 0 aliphatic rings. The Morgan fingerprint density at radius 2 is 1.14 bits per heavy atom. The molecule has 2 aromatic carbocycles. The van der Waals surface area contributed by atoms with Crippen LogP contribution in [0.3, 0.4) is 0 Å². The summed E-state index contributed by atoms with van der Waals surface area (Å²) in [5.41, 5.74) is -1.96. The number of benzene rings is 2. The molecular weight excluding hydrogens is 402 g/mol. The predicted molar refractivity (Wildman–Crippen MR) is 91.8 cm³/mol. The number of nitrogens with zero attached hydrogens (tertiary/aromatic N) is 2. The summed E-state index contributed by atoms with van der Waals surface area (Å²) in [6.45, 7) is 0. The van der Waals surface area contributed by atoms with Gasteiger partial charge in [-0.3, -0.25) is 10.1 Å². The quantitative estimate of drug-likeness (QED) is 0.286. The van der Waals surface area contributed by atoms with Crippen LogP contribution in [-0.2, 0) is 12.4 Å². The molecule has 150 valence electrons. The largest absolute Gasteiger partial charge is 0.416 e. The van der Waals surface area contributed by atoms with Gasteiger partial charge in [0.05, 0.1) is 21.7 Å². The normalized spacial score (nSPS) is 12.1. The minimum atomic E-state index is -4.57. The Morgan fingerprint density at radius 1 is 0.690 bits per heavy atom. The third-order valence-electron chi connectivity index (χ3n) is 4.06. The van der Waals surface area contributed by atoms with Crippen LogP contribution < -0.4 is 0 Å². The van der Waals surface area contributed by atoms with Crippen molar-refractivity contribution in [3.05, 3.63) is 81.9 Å². The number of hydrogen-bond donors (Lipinski definition) is 0. The third kappa shape index (κ3) is 4.36. The SMILES string of the molecule is O=[N+]([O-])c1ccc(-c2ccc(C(F)(F)F)cc2)nc1-c1ccc(C(F)(F)F)cc1. The number of rotatable bonds is 3. The first-order valence-corrected chi connectivity index (χ1v) is 7.97. The third-order valence-corrected chi connectivity index (χ3v) is 4.06. The zero-order valence-corrected chi connectivity index (χ0v) is 14.3. The van der Waals surface area contributed by atoms with Crippen LogP contribution in [0.1, 0.15) is 11.1 Å². The van der Waals surface area contributed by atoms with Crippen LogP contribution in [0.25, 0.3) is 22.5 Å². The Kier molecular flexibility index (Phi) is 5.04. The van der Waals surface area contributed by atoms with Gasteiger partial charge >= 0.3 is 12.4 Å². The van der Waals surface area contributed by atoms with Gasteiger partial charge in [0.15, 0.2) is 0 Å². The van der Waals surface area contributed by atoms with Crippen LogP contribution in [0.4, 0.5) is 32.0 Å². The first-order chi connectivity index (χ1) is 13.5. The smallest absolute Gasteiger partial charge is 0.258 e. The van der Waals surface area contributed by atoms with Crippen molar-refractivity contribution in [2.45, 2.75) is 12.4 Å². The van der Waals surface area contributed by atoms with Crippen LogP contribution in [0.2, 0.25) is 0 Å². The topological polar surface area (TPSA) is 56.0 Å². The second kappa shape index (κ2) is 7.19. The van der Waals surface area contributed by atoms with Gasteiger partial charge in [-0.05, 0) is 30.3 Å². The number of pyridine rings is 1. The van der Waals surface area contributed by atoms with Crippen molar-refractivity contribution in [1.82, 2.24) is 4.98 Å². The Morgan fingerprint density at radius 3 is 1.55 bits per heavy atom. The van der Waals surface area contributed by atoms with Gasteiger partial charge in [0, 0.05) is 17.2 Å². The molecule has 0 unspecified atom stereocenters. The number of halogens is 6. The van der Waals surface area contributed by atoms with Crippen molar-refractivity contribution in [3.8, 4) is 22.5 Å². The summed E-state index contributed by atoms with van der Waals surface area (Å²) < 4.78 is 76.3. The van der Waals surface area contributed by atoms with Crippen molar-refractivity contribution in [2.24, 2.45) is 0 Å². The summed E-state index contributed by atoms with van der Waals surface area (Å²) in [4.78, 5) is 14.7. The lowest BCUT2D eigenvalue weighted by atomic mass is 10.0. The van der Waals surface area contributed by atoms with E-state index in [1.807, 2.05) is 0 Å². The maximum atomic E-state index is 12.7. The molecule has 0 fully saturated rings. The molecule has 0 aliphatic carbocycles. The number of nitro groups is 1. The maximum absolute atomic E-state index is 12.7. The van der Waals surface area contributed by atoms with Crippen LogP contribution in [0.5, 0.6) is 0 Å². The Bertz CT molecular complexity index is 1040. The van der Waals surface area contributed by atoms with Gasteiger partial charge in [0.25, 0.3) is 5.69 Å². The Labute approximate surface area is 159 Å². The molecule has 0 spiro atoms. The molecule has 0 radical (unpaired) electrons. The Balaban J connectivity index is 2.06. The van der Waals surface area contributed by atoms with Gasteiger partial charge < -0.3 is 0 Å². The fourth-order valence-corrected chi connectivity index (χ4v) is 2.62. The van der Waals surface area contributed by atoms with E-state index in [-0.39, 0.29) is 22.5 Å². The van der Waals surface area contributed by atoms with E-state index in [0.717, 1.165) is 54.6 Å². The number of hydrogen-bond acceptors (Lipinski definition) is 3. The lowest BCUT2D eigenvalue weighted by Crippen LogP contribution is -2.04. The molecule has 0 N–H and O–H groups in total. The summed E-state index contributed by atoms with van der Waals surface area (Å²) in [5.74, 6) is 0. The summed E-state index contributed by atoms with van der Waals surface area (Å²) in [6.07, 6.45) is -9.09. The van der Waals surface area contributed by atoms with Gasteiger partial charge in [-0.25, -0.2) is 4.98 Å². The van der Waals surface area contributed by atoms with Crippen molar-refractivity contribution in [1.29, 1.82) is 0 Å². The van der Waals surface area contributed by atoms with Crippen molar-refractivity contribution < 1.29 is 31.3 Å². The zero-order chi connectivity index (χ0) is 21.4. The molecule has 0 saturated carbocycles. The van der Waals surface area contributed by atoms with Crippen LogP contribution in [0, 0.1) is 10.1 Å². The second-order valence-corrected chi connectivity index (χ2v) is 5.97. The minimum Gasteiger partial charge on any atom is -0.258 e. The molecule has 1 heterocycles. The molecule has 0 amide bonds. The highest BCUT2D eigenvalue weighted by molar-refractivity contribution is 5.74. The van der Waals surface area contributed by atoms with E-state index < -0.39 is 34.1 Å². The molecular formula is C19H10F6N2O2. The highest BCUT2D eigenvalue weighted by Gasteiger charge is 2.31. The van der Waals surface area contributed by atoms with Crippen LogP contribution in [-0.4, -0.2) is 9.91 Å². The maximum Gasteiger partial charge on any atom is 0.416 e. The molecule has 1 aromatic heterocycles. The van der Waals surface area contributed by atoms with E-state index in [0.29, 0.717) is 0 Å². The molecule has 10 heteroatoms. The fraction of sp³-hybridized carbons (Fsp3) is 0.105. The zero-order valence-electron chi connectivity index (χ0n) is 14.3. The highest BCUT2D eigenvalue weighted by Crippen LogP contribution is 2.35. The van der Waals surface area contributed by atoms with Crippen molar-refractivity contribution in [3.63, 3.8) is 0 Å². The molecule has 3 rings (SSSR count). The first kappa shape index (κ1) is 20.3. The Hall–Kier alpha value is -3.43. The molecule has 0 aliphatic heterocycles. The van der Waals surface area contributed by atoms with E-state index in [1.54, 1.807) is 0 Å². The highest BCUT2D eigenvalue weighted by atomic mass is 19.4. The summed E-state index contributed by atoms with van der Waals surface area (Å²) in [5, 5.41) is 11.3. The summed E-state index contributed by atoms with van der Waals surface area (Å²) >= 11 is 0. The average Bonchev–Trinajstić information content (AvgIpc) is 2.66. The number of alkyl halides is 6. The number of aromatic nitrogens is 1.